The van der Waals surface area contributed by atoms with E-state index in [1.165, 1.54) is 9.13 Å². The van der Waals surface area contributed by atoms with Crippen molar-refractivity contribution in [2.24, 2.45) is 7.05 Å². The highest BCUT2D eigenvalue weighted by molar-refractivity contribution is 6.00. The molecule has 3 heterocycles. The van der Waals surface area contributed by atoms with Gasteiger partial charge in [-0.2, -0.15) is 0 Å². The molecule has 0 saturated carbocycles. The summed E-state index contributed by atoms with van der Waals surface area (Å²) in [5.74, 6) is -0.782. The predicted octanol–water partition coefficient (Wildman–Crippen LogP) is 1.74. The third-order valence-electron chi connectivity index (χ3n) is 5.82. The molecule has 2 aromatic rings. The van der Waals surface area contributed by atoms with E-state index in [4.69, 9.17) is 4.74 Å². The topological polar surface area (TPSA) is 115 Å². The van der Waals surface area contributed by atoms with E-state index in [9.17, 15) is 19.2 Å². The maximum Gasteiger partial charge on any atom is 0.410 e. The summed E-state index contributed by atoms with van der Waals surface area (Å²) in [6.45, 7) is 6.59. The molecule has 0 spiro atoms. The van der Waals surface area contributed by atoms with Crippen molar-refractivity contribution in [3.05, 3.63) is 28.7 Å². The number of anilines is 1. The van der Waals surface area contributed by atoms with Crippen molar-refractivity contribution in [3.8, 4) is 0 Å². The smallest absolute Gasteiger partial charge is 0.410 e. The first kappa shape index (κ1) is 21.9. The predicted molar refractivity (Wildman–Crippen MR) is 118 cm³/mol. The van der Waals surface area contributed by atoms with Gasteiger partial charge in [-0.1, -0.05) is 6.07 Å². The first-order valence-corrected chi connectivity index (χ1v) is 10.8. The number of para-hydroxylation sites is 1. The van der Waals surface area contributed by atoms with Gasteiger partial charge in [-0.15, -0.1) is 0 Å². The maximum atomic E-state index is 13.0. The minimum atomic E-state index is -0.728. The van der Waals surface area contributed by atoms with Crippen LogP contribution in [0.3, 0.4) is 0 Å². The second kappa shape index (κ2) is 7.99. The van der Waals surface area contributed by atoms with Gasteiger partial charge in [0.15, 0.2) is 0 Å². The SMILES string of the molecule is Cn1c(=O)n(C2CCC(=O)NC2=O)c2cccc(NC3CCN(C(=O)OC(C)(C)C)C3)c21. The molecule has 2 saturated heterocycles. The van der Waals surface area contributed by atoms with E-state index in [0.717, 1.165) is 12.1 Å². The fourth-order valence-corrected chi connectivity index (χ4v) is 4.37. The van der Waals surface area contributed by atoms with Crippen molar-refractivity contribution in [2.45, 2.75) is 57.7 Å². The summed E-state index contributed by atoms with van der Waals surface area (Å²) in [5, 5.41) is 5.78. The number of imidazole rings is 1. The van der Waals surface area contributed by atoms with E-state index in [1.54, 1.807) is 18.0 Å². The van der Waals surface area contributed by atoms with Gasteiger partial charge in [0.1, 0.15) is 11.6 Å². The van der Waals surface area contributed by atoms with Crippen molar-refractivity contribution >= 4 is 34.6 Å². The number of nitrogens with zero attached hydrogens (tertiary/aromatic N) is 3. The van der Waals surface area contributed by atoms with Crippen LogP contribution >= 0.6 is 0 Å². The van der Waals surface area contributed by atoms with Crippen LogP contribution in [0.5, 0.6) is 0 Å². The number of hydrogen-bond acceptors (Lipinski definition) is 6. The number of fused-ring (bicyclic) bond motifs is 1. The van der Waals surface area contributed by atoms with Crippen LogP contribution in [0.2, 0.25) is 0 Å². The van der Waals surface area contributed by atoms with Crippen LogP contribution in [-0.2, 0) is 21.4 Å². The molecule has 2 atom stereocenters. The fourth-order valence-electron chi connectivity index (χ4n) is 4.37. The van der Waals surface area contributed by atoms with Crippen LogP contribution in [0.1, 0.15) is 46.1 Å². The van der Waals surface area contributed by atoms with E-state index < -0.39 is 17.6 Å². The van der Waals surface area contributed by atoms with E-state index in [-0.39, 0.29) is 36.6 Å². The zero-order valence-corrected chi connectivity index (χ0v) is 18.8. The third-order valence-corrected chi connectivity index (χ3v) is 5.82. The molecule has 0 radical (unpaired) electrons. The third kappa shape index (κ3) is 4.09. The average molecular weight is 444 g/mol. The number of aryl methyl sites for hydroxylation is 1. The molecule has 2 unspecified atom stereocenters. The molecule has 2 fully saturated rings. The van der Waals surface area contributed by atoms with Crippen LogP contribution in [0, 0.1) is 0 Å². The van der Waals surface area contributed by atoms with E-state index in [2.05, 4.69) is 10.6 Å². The molecule has 10 nitrogen and oxygen atoms in total. The summed E-state index contributed by atoms with van der Waals surface area (Å²) in [4.78, 5) is 51.0. The zero-order valence-electron chi connectivity index (χ0n) is 18.8. The first-order chi connectivity index (χ1) is 15.0. The van der Waals surface area contributed by atoms with Crippen molar-refractivity contribution in [3.63, 3.8) is 0 Å². The van der Waals surface area contributed by atoms with E-state index >= 15 is 0 Å². The van der Waals surface area contributed by atoms with Crippen molar-refractivity contribution < 1.29 is 19.1 Å². The number of piperidine rings is 1. The Morgan fingerprint density at radius 3 is 2.62 bits per heavy atom. The van der Waals surface area contributed by atoms with E-state index in [1.807, 2.05) is 32.9 Å². The molecule has 4 rings (SSSR count). The molecule has 0 bridgehead atoms. The Kier molecular flexibility index (Phi) is 5.47. The molecule has 3 amide bonds. The molecule has 2 N–H and O–H groups in total. The number of carbonyl (C=O) groups is 3. The normalized spacial score (nSPS) is 21.7. The highest BCUT2D eigenvalue weighted by Crippen LogP contribution is 2.29. The molecule has 0 aliphatic carbocycles. The number of aromatic nitrogens is 2. The Morgan fingerprint density at radius 1 is 1.19 bits per heavy atom. The van der Waals surface area contributed by atoms with Crippen LogP contribution in [0.25, 0.3) is 11.0 Å². The summed E-state index contributed by atoms with van der Waals surface area (Å²) in [5.41, 5.74) is 1.19. The van der Waals surface area contributed by atoms with Crippen molar-refractivity contribution in [2.75, 3.05) is 18.4 Å². The monoisotopic (exact) mass is 443 g/mol. The average Bonchev–Trinajstić information content (AvgIpc) is 3.26. The number of likely N-dealkylation sites (tertiary alicyclic amines) is 1. The number of hydrogen-bond donors (Lipinski definition) is 2. The summed E-state index contributed by atoms with van der Waals surface area (Å²) >= 11 is 0. The minimum Gasteiger partial charge on any atom is -0.444 e. The summed E-state index contributed by atoms with van der Waals surface area (Å²) in [7, 11) is 1.67. The van der Waals surface area contributed by atoms with Gasteiger partial charge in [-0.25, -0.2) is 9.59 Å². The number of nitrogens with one attached hydrogen (secondary N) is 2. The van der Waals surface area contributed by atoms with Gasteiger partial charge in [0.25, 0.3) is 0 Å². The second-order valence-electron chi connectivity index (χ2n) is 9.41. The summed E-state index contributed by atoms with van der Waals surface area (Å²) in [6, 6.07) is 4.78. The van der Waals surface area contributed by atoms with Gasteiger partial charge in [-0.3, -0.25) is 24.0 Å². The maximum absolute atomic E-state index is 13.0. The Morgan fingerprint density at radius 2 is 1.94 bits per heavy atom. The highest BCUT2D eigenvalue weighted by Gasteiger charge is 2.33. The van der Waals surface area contributed by atoms with Crippen molar-refractivity contribution in [1.29, 1.82) is 0 Å². The lowest BCUT2D eigenvalue weighted by Crippen LogP contribution is -2.44. The molecule has 2 aliphatic heterocycles. The lowest BCUT2D eigenvalue weighted by atomic mass is 10.1. The lowest BCUT2D eigenvalue weighted by molar-refractivity contribution is -0.135. The molecule has 1 aromatic heterocycles. The van der Waals surface area contributed by atoms with Crippen LogP contribution in [0.15, 0.2) is 23.0 Å². The number of amides is 3. The van der Waals surface area contributed by atoms with Crippen LogP contribution < -0.4 is 16.3 Å². The molecule has 172 valence electrons. The van der Waals surface area contributed by atoms with Gasteiger partial charge in [0, 0.05) is 32.6 Å². The largest absolute Gasteiger partial charge is 0.444 e. The summed E-state index contributed by atoms with van der Waals surface area (Å²) < 4.78 is 8.44. The van der Waals surface area contributed by atoms with Crippen LogP contribution in [-0.4, -0.2) is 56.7 Å². The molecule has 1 aromatic carbocycles. The Balaban J connectivity index is 1.59. The van der Waals surface area contributed by atoms with Gasteiger partial charge in [0.05, 0.1) is 16.7 Å². The molecule has 32 heavy (non-hydrogen) atoms. The van der Waals surface area contributed by atoms with Gasteiger partial charge in [0.2, 0.25) is 11.8 Å². The highest BCUT2D eigenvalue weighted by atomic mass is 16.6. The van der Waals surface area contributed by atoms with Gasteiger partial charge >= 0.3 is 11.8 Å². The molecule has 2 aliphatic rings. The molecular formula is C22H29N5O5. The Hall–Kier alpha value is -3.30. The lowest BCUT2D eigenvalue weighted by Gasteiger charge is -2.24. The number of benzene rings is 1. The quantitative estimate of drug-likeness (QED) is 0.699. The van der Waals surface area contributed by atoms with E-state index in [0.29, 0.717) is 24.1 Å². The fraction of sp³-hybridized carbons (Fsp3) is 0.545. The molecule has 10 heteroatoms. The number of ether oxygens (including phenoxy) is 1. The Bertz CT molecular complexity index is 1140. The van der Waals surface area contributed by atoms with Crippen LogP contribution in [0.4, 0.5) is 10.5 Å². The second-order valence-corrected chi connectivity index (χ2v) is 9.41. The number of imide groups is 1. The van der Waals surface area contributed by atoms with Crippen molar-refractivity contribution in [1.82, 2.24) is 19.4 Å². The van der Waals surface area contributed by atoms with Gasteiger partial charge < -0.3 is 15.0 Å². The van der Waals surface area contributed by atoms with Gasteiger partial charge in [-0.05, 0) is 45.7 Å². The minimum absolute atomic E-state index is 0.00201. The Labute approximate surface area is 185 Å². The number of rotatable bonds is 3. The molecular weight excluding hydrogens is 414 g/mol. The summed E-state index contributed by atoms with van der Waals surface area (Å²) in [6.07, 6.45) is 0.892. The zero-order chi connectivity index (χ0) is 23.2. The number of carbonyl (C=O) groups excluding carboxylic acids is 3. The standard InChI is InChI=1S/C22H29N5O5/c1-22(2,3)32-21(31)26-11-10-13(12-26)23-14-6-5-7-15-18(14)25(4)20(30)27(15)16-8-9-17(28)24-19(16)29/h5-7,13,16,23H,8-12H2,1-4H3,(H,24,28,29). The first-order valence-electron chi connectivity index (χ1n) is 10.8.